The van der Waals surface area contributed by atoms with Crippen molar-refractivity contribution < 1.29 is 0 Å². The second kappa shape index (κ2) is 5.50. The minimum absolute atomic E-state index is 0.891. The normalized spacial score (nSPS) is 11.6. The van der Waals surface area contributed by atoms with Gasteiger partial charge in [-0.1, -0.05) is 60.7 Å². The second-order valence-electron chi connectivity index (χ2n) is 4.65. The maximum Gasteiger partial charge on any atom is -0.00632 e. The molecule has 1 heteroatoms. The first-order chi connectivity index (χ1) is 9.40. The Morgan fingerprint density at radius 3 is 2.32 bits per heavy atom. The maximum absolute atomic E-state index is 4.25. The molecule has 0 unspecified atom stereocenters. The number of hydrogen-bond acceptors (Lipinski definition) is 1. The van der Waals surface area contributed by atoms with Gasteiger partial charge in [-0.2, -0.15) is 12.6 Å². The first-order valence-corrected chi connectivity index (χ1v) is 7.21. The van der Waals surface area contributed by atoms with Gasteiger partial charge in [0, 0.05) is 0 Å². The van der Waals surface area contributed by atoms with E-state index in [4.69, 9.17) is 0 Å². The molecule has 0 nitrogen and oxygen atoms in total. The summed E-state index contributed by atoms with van der Waals surface area (Å²) in [7, 11) is 0. The molecule has 0 saturated carbocycles. The van der Waals surface area contributed by atoms with Gasteiger partial charge in [0.1, 0.15) is 0 Å². The fraction of sp³-hybridized carbons (Fsp3) is 0.111. The van der Waals surface area contributed by atoms with Crippen LogP contribution in [-0.4, -0.2) is 5.75 Å². The van der Waals surface area contributed by atoms with Crippen molar-refractivity contribution in [3.63, 3.8) is 0 Å². The van der Waals surface area contributed by atoms with E-state index >= 15 is 0 Å². The summed E-state index contributed by atoms with van der Waals surface area (Å²) < 4.78 is 0. The molecule has 0 atom stereocenters. The molecule has 3 aromatic rings. The lowest BCUT2D eigenvalue weighted by Gasteiger charge is -2.07. The van der Waals surface area contributed by atoms with Crippen molar-refractivity contribution >= 4 is 40.2 Å². The van der Waals surface area contributed by atoms with Crippen LogP contribution in [0.4, 0.5) is 0 Å². The van der Waals surface area contributed by atoms with Crippen LogP contribution in [0.2, 0.25) is 0 Å². The summed E-state index contributed by atoms with van der Waals surface area (Å²) in [4.78, 5) is 0. The van der Waals surface area contributed by atoms with Gasteiger partial charge in [-0.05, 0) is 45.3 Å². The summed E-state index contributed by atoms with van der Waals surface area (Å²) in [6, 6.07) is 19.5. The lowest BCUT2D eigenvalue weighted by Crippen LogP contribution is -1.82. The molecular weight excluding hydrogens is 248 g/mol. The molecule has 0 aliphatic carbocycles. The monoisotopic (exact) mass is 264 g/mol. The minimum Gasteiger partial charge on any atom is -0.179 e. The van der Waals surface area contributed by atoms with Gasteiger partial charge in [0.15, 0.2) is 0 Å². The third kappa shape index (κ3) is 2.39. The molecule has 0 saturated heterocycles. The number of thiol groups is 1. The van der Waals surface area contributed by atoms with Gasteiger partial charge < -0.3 is 0 Å². The lowest BCUT2D eigenvalue weighted by molar-refractivity contribution is 1.26. The first kappa shape index (κ1) is 12.3. The third-order valence-corrected chi connectivity index (χ3v) is 3.65. The van der Waals surface area contributed by atoms with Crippen LogP contribution in [0.1, 0.15) is 12.0 Å². The highest BCUT2D eigenvalue weighted by molar-refractivity contribution is 7.80. The summed E-state index contributed by atoms with van der Waals surface area (Å²) in [6.07, 6.45) is 5.42. The zero-order chi connectivity index (χ0) is 13.1. The standard InChI is InChI=1S/C18H16S/c19-12-6-5-8-15-13-14-7-1-2-9-16(14)18-11-4-3-10-17(15)18/h1-5,7-11,13,19H,6,12H2. The van der Waals surface area contributed by atoms with Crippen molar-refractivity contribution in [1.29, 1.82) is 0 Å². The van der Waals surface area contributed by atoms with Gasteiger partial charge in [0.25, 0.3) is 0 Å². The predicted octanol–water partition coefficient (Wildman–Crippen LogP) is 5.33. The maximum atomic E-state index is 4.25. The largest absolute Gasteiger partial charge is 0.179 e. The Morgan fingerprint density at radius 2 is 1.53 bits per heavy atom. The summed E-state index contributed by atoms with van der Waals surface area (Å²) in [5.74, 6) is 0.891. The topological polar surface area (TPSA) is 0 Å². The van der Waals surface area contributed by atoms with Crippen molar-refractivity contribution in [2.75, 3.05) is 5.75 Å². The van der Waals surface area contributed by atoms with Crippen molar-refractivity contribution in [3.05, 3.63) is 66.2 Å². The fourth-order valence-electron chi connectivity index (χ4n) is 2.51. The number of rotatable bonds is 3. The van der Waals surface area contributed by atoms with Crippen LogP contribution in [0.15, 0.2) is 60.7 Å². The molecule has 0 aliphatic heterocycles. The van der Waals surface area contributed by atoms with Gasteiger partial charge in [0.2, 0.25) is 0 Å². The Balaban J connectivity index is 2.29. The highest BCUT2D eigenvalue weighted by Crippen LogP contribution is 2.29. The Labute approximate surface area is 119 Å². The van der Waals surface area contributed by atoms with Crippen LogP contribution < -0.4 is 0 Å². The van der Waals surface area contributed by atoms with E-state index in [2.05, 4.69) is 79.4 Å². The number of allylic oxidation sites excluding steroid dienone is 1. The van der Waals surface area contributed by atoms with E-state index in [1.54, 1.807) is 0 Å². The molecule has 3 aromatic carbocycles. The van der Waals surface area contributed by atoms with Crippen LogP contribution in [-0.2, 0) is 0 Å². The van der Waals surface area contributed by atoms with Gasteiger partial charge in [-0.15, -0.1) is 0 Å². The second-order valence-corrected chi connectivity index (χ2v) is 5.09. The molecule has 0 N–H and O–H groups in total. The smallest absolute Gasteiger partial charge is 0.00632 e. The van der Waals surface area contributed by atoms with Crippen LogP contribution in [0.5, 0.6) is 0 Å². The van der Waals surface area contributed by atoms with E-state index in [0.717, 1.165) is 12.2 Å². The van der Waals surface area contributed by atoms with E-state index in [-0.39, 0.29) is 0 Å². The van der Waals surface area contributed by atoms with Crippen molar-refractivity contribution in [2.24, 2.45) is 0 Å². The average Bonchev–Trinajstić information content (AvgIpc) is 2.47. The SMILES string of the molecule is SCCC=Cc1cc2ccccc2c2ccccc12. The van der Waals surface area contributed by atoms with Gasteiger partial charge in [0.05, 0.1) is 0 Å². The molecule has 0 aliphatic rings. The molecule has 0 spiro atoms. The van der Waals surface area contributed by atoms with Crippen LogP contribution >= 0.6 is 12.6 Å². The fourth-order valence-corrected chi connectivity index (χ4v) is 2.65. The van der Waals surface area contributed by atoms with E-state index in [1.807, 2.05) is 0 Å². The predicted molar refractivity (Wildman–Crippen MR) is 89.0 cm³/mol. The summed E-state index contributed by atoms with van der Waals surface area (Å²) in [5, 5.41) is 5.26. The molecule has 0 radical (unpaired) electrons. The lowest BCUT2D eigenvalue weighted by atomic mass is 9.97. The minimum atomic E-state index is 0.891. The first-order valence-electron chi connectivity index (χ1n) is 6.58. The molecule has 0 aromatic heterocycles. The van der Waals surface area contributed by atoms with E-state index in [1.165, 1.54) is 27.1 Å². The summed E-state index contributed by atoms with van der Waals surface area (Å²) in [5.41, 5.74) is 1.29. The highest BCUT2D eigenvalue weighted by Gasteiger charge is 2.03. The molecule has 0 heterocycles. The van der Waals surface area contributed by atoms with Crippen LogP contribution in [0, 0.1) is 0 Å². The summed E-state index contributed by atoms with van der Waals surface area (Å²) in [6.45, 7) is 0. The third-order valence-electron chi connectivity index (χ3n) is 3.39. The van der Waals surface area contributed by atoms with Gasteiger partial charge >= 0.3 is 0 Å². The molecule has 19 heavy (non-hydrogen) atoms. The molecule has 3 rings (SSSR count). The Bertz CT molecular complexity index is 741. The molecular formula is C18H16S. The van der Waals surface area contributed by atoms with Crippen LogP contribution in [0.3, 0.4) is 0 Å². The van der Waals surface area contributed by atoms with Crippen molar-refractivity contribution in [1.82, 2.24) is 0 Å². The Kier molecular flexibility index (Phi) is 3.56. The highest BCUT2D eigenvalue weighted by atomic mass is 32.1. The molecule has 0 bridgehead atoms. The van der Waals surface area contributed by atoms with E-state index in [0.29, 0.717) is 0 Å². The zero-order valence-corrected chi connectivity index (χ0v) is 11.6. The van der Waals surface area contributed by atoms with Gasteiger partial charge in [-0.25, -0.2) is 0 Å². The number of benzene rings is 3. The zero-order valence-electron chi connectivity index (χ0n) is 10.7. The average molecular weight is 264 g/mol. The van der Waals surface area contributed by atoms with Crippen molar-refractivity contribution in [3.8, 4) is 0 Å². The Hall–Kier alpha value is -1.73. The van der Waals surface area contributed by atoms with E-state index < -0.39 is 0 Å². The molecule has 94 valence electrons. The molecule has 0 amide bonds. The van der Waals surface area contributed by atoms with Gasteiger partial charge in [-0.3, -0.25) is 0 Å². The van der Waals surface area contributed by atoms with Crippen molar-refractivity contribution in [2.45, 2.75) is 6.42 Å². The number of hydrogen-bond donors (Lipinski definition) is 1. The molecule has 0 fully saturated rings. The van der Waals surface area contributed by atoms with E-state index in [9.17, 15) is 0 Å². The number of fused-ring (bicyclic) bond motifs is 3. The Morgan fingerprint density at radius 1 is 0.842 bits per heavy atom. The quantitative estimate of drug-likeness (QED) is 0.480. The van der Waals surface area contributed by atoms with Crippen LogP contribution in [0.25, 0.3) is 27.6 Å². The summed E-state index contributed by atoms with van der Waals surface area (Å²) >= 11 is 4.25.